The minimum absolute atomic E-state index is 0.124. The van der Waals surface area contributed by atoms with E-state index in [-0.39, 0.29) is 12.4 Å². The predicted octanol–water partition coefficient (Wildman–Crippen LogP) is 1.83. The molecule has 1 aromatic heterocycles. The van der Waals surface area contributed by atoms with Crippen molar-refractivity contribution in [2.24, 2.45) is 0 Å². The van der Waals surface area contributed by atoms with Crippen molar-refractivity contribution >= 4 is 17.7 Å². The van der Waals surface area contributed by atoms with Crippen LogP contribution in [-0.4, -0.2) is 21.8 Å². The average Bonchev–Trinajstić information content (AvgIpc) is 2.59. The zero-order valence-electron chi connectivity index (χ0n) is 9.41. The molecule has 0 aliphatic heterocycles. The van der Waals surface area contributed by atoms with Crippen LogP contribution in [0.2, 0.25) is 0 Å². The molecule has 0 saturated carbocycles. The first-order valence-corrected chi connectivity index (χ1v) is 5.28. The fraction of sp³-hybridized carbons (Fsp3) is 0.667. The van der Waals surface area contributed by atoms with Gasteiger partial charge in [0, 0.05) is 0 Å². The lowest BCUT2D eigenvalue weighted by Crippen LogP contribution is -2.32. The van der Waals surface area contributed by atoms with Crippen LogP contribution in [0.5, 0.6) is 0 Å². The highest BCUT2D eigenvalue weighted by molar-refractivity contribution is 6.16. The fourth-order valence-electron chi connectivity index (χ4n) is 0.878. The number of carbonyl (C=O) groups is 1. The number of nitrogens with zero attached hydrogens (tertiary/aromatic N) is 2. The average molecular weight is 248 g/mol. The summed E-state index contributed by atoms with van der Waals surface area (Å²) in [7, 11) is 0. The number of nitrogens with one attached hydrogen (secondary N) is 1. The normalized spacial score (nSPS) is 11.2. The molecule has 0 saturated heterocycles. The van der Waals surface area contributed by atoms with Gasteiger partial charge in [0.2, 0.25) is 5.89 Å². The summed E-state index contributed by atoms with van der Waals surface area (Å²) in [6.45, 7) is 5.47. The number of alkyl halides is 1. The monoisotopic (exact) mass is 247 g/mol. The number of ether oxygens (including phenoxy) is 1. The van der Waals surface area contributed by atoms with Crippen LogP contribution in [0.4, 0.5) is 4.79 Å². The Morgan fingerprint density at radius 2 is 2.25 bits per heavy atom. The number of hydrogen-bond acceptors (Lipinski definition) is 5. The predicted molar refractivity (Wildman–Crippen MR) is 56.9 cm³/mol. The third-order valence-electron chi connectivity index (χ3n) is 1.41. The molecule has 0 radical (unpaired) electrons. The fourth-order valence-corrected chi connectivity index (χ4v) is 0.987. The van der Waals surface area contributed by atoms with Gasteiger partial charge in [-0.05, 0) is 20.8 Å². The van der Waals surface area contributed by atoms with Crippen molar-refractivity contribution in [3.8, 4) is 0 Å². The molecule has 16 heavy (non-hydrogen) atoms. The third kappa shape index (κ3) is 4.48. The van der Waals surface area contributed by atoms with Crippen molar-refractivity contribution in [2.45, 2.75) is 38.8 Å². The number of alkyl carbamates (subject to hydrolysis) is 1. The van der Waals surface area contributed by atoms with Gasteiger partial charge < -0.3 is 14.6 Å². The molecule has 7 heteroatoms. The highest BCUT2D eigenvalue weighted by Gasteiger charge is 2.16. The van der Waals surface area contributed by atoms with Gasteiger partial charge in [-0.15, -0.1) is 11.6 Å². The van der Waals surface area contributed by atoms with E-state index in [0.717, 1.165) is 0 Å². The van der Waals surface area contributed by atoms with Gasteiger partial charge in [-0.2, -0.15) is 4.98 Å². The number of carbonyl (C=O) groups excluding carboxylic acids is 1. The molecule has 0 aliphatic carbocycles. The highest BCUT2D eigenvalue weighted by Crippen LogP contribution is 2.07. The Labute approximate surface area is 98.3 Å². The summed E-state index contributed by atoms with van der Waals surface area (Å²) in [5.41, 5.74) is -0.528. The maximum Gasteiger partial charge on any atom is 0.408 e. The van der Waals surface area contributed by atoms with Crippen LogP contribution in [0.1, 0.15) is 32.5 Å². The summed E-state index contributed by atoms with van der Waals surface area (Å²) in [5, 5.41) is 6.07. The molecule has 90 valence electrons. The van der Waals surface area contributed by atoms with Crippen LogP contribution in [0, 0.1) is 0 Å². The van der Waals surface area contributed by atoms with Crippen molar-refractivity contribution < 1.29 is 14.1 Å². The first-order valence-electron chi connectivity index (χ1n) is 4.75. The van der Waals surface area contributed by atoms with Gasteiger partial charge in [0.05, 0.1) is 5.88 Å². The smallest absolute Gasteiger partial charge is 0.408 e. The Morgan fingerprint density at radius 3 is 2.75 bits per heavy atom. The lowest BCUT2D eigenvalue weighted by atomic mass is 10.2. The molecule has 6 nitrogen and oxygen atoms in total. The molecular formula is C9H14ClN3O3. The van der Waals surface area contributed by atoms with Crippen LogP contribution < -0.4 is 5.32 Å². The van der Waals surface area contributed by atoms with E-state index in [2.05, 4.69) is 15.5 Å². The molecule has 1 amide bonds. The highest BCUT2D eigenvalue weighted by atomic mass is 35.5. The van der Waals surface area contributed by atoms with E-state index in [1.807, 2.05) is 0 Å². The Bertz CT molecular complexity index is 359. The maximum atomic E-state index is 11.3. The molecule has 0 atom stereocenters. The second-order valence-electron chi connectivity index (χ2n) is 4.09. The maximum absolute atomic E-state index is 11.3. The lowest BCUT2D eigenvalue weighted by molar-refractivity contribution is 0.0518. The Balaban J connectivity index is 2.37. The number of halogens is 1. The molecule has 1 heterocycles. The van der Waals surface area contributed by atoms with Gasteiger partial charge in [-0.1, -0.05) is 5.16 Å². The molecule has 0 aliphatic rings. The Hall–Kier alpha value is -1.30. The number of rotatable bonds is 3. The second kappa shape index (κ2) is 5.16. The molecule has 0 unspecified atom stereocenters. The van der Waals surface area contributed by atoms with E-state index in [4.69, 9.17) is 20.9 Å². The summed E-state index contributed by atoms with van der Waals surface area (Å²) in [6.07, 6.45) is -0.530. The van der Waals surface area contributed by atoms with Crippen LogP contribution in [-0.2, 0) is 17.2 Å². The molecule has 1 rings (SSSR count). The van der Waals surface area contributed by atoms with E-state index in [0.29, 0.717) is 11.7 Å². The first kappa shape index (κ1) is 12.8. The van der Waals surface area contributed by atoms with Crippen molar-refractivity contribution in [1.82, 2.24) is 15.5 Å². The van der Waals surface area contributed by atoms with Gasteiger partial charge in [0.1, 0.15) is 12.1 Å². The van der Waals surface area contributed by atoms with Gasteiger partial charge in [0.25, 0.3) is 0 Å². The minimum Gasteiger partial charge on any atom is -0.444 e. The van der Waals surface area contributed by atoms with E-state index < -0.39 is 11.7 Å². The molecule has 1 aromatic rings. The van der Waals surface area contributed by atoms with Gasteiger partial charge in [0.15, 0.2) is 5.82 Å². The van der Waals surface area contributed by atoms with Gasteiger partial charge >= 0.3 is 6.09 Å². The zero-order chi connectivity index (χ0) is 12.2. The van der Waals surface area contributed by atoms with Crippen LogP contribution in [0.15, 0.2) is 4.52 Å². The molecular weight excluding hydrogens is 234 g/mol. The van der Waals surface area contributed by atoms with Crippen LogP contribution in [0.3, 0.4) is 0 Å². The summed E-state index contributed by atoms with van der Waals surface area (Å²) >= 11 is 5.49. The molecule has 1 N–H and O–H groups in total. The number of aromatic nitrogens is 2. The zero-order valence-corrected chi connectivity index (χ0v) is 10.2. The topological polar surface area (TPSA) is 77.2 Å². The Morgan fingerprint density at radius 1 is 1.56 bits per heavy atom. The SMILES string of the molecule is CC(C)(C)OC(=O)NCc1nc(CCl)no1. The van der Waals surface area contributed by atoms with Crippen molar-refractivity contribution in [3.05, 3.63) is 11.7 Å². The molecule has 0 fully saturated rings. The molecule has 0 spiro atoms. The van der Waals surface area contributed by atoms with Crippen molar-refractivity contribution in [2.75, 3.05) is 0 Å². The van der Waals surface area contributed by atoms with E-state index in [1.165, 1.54) is 0 Å². The van der Waals surface area contributed by atoms with Crippen LogP contribution in [0.25, 0.3) is 0 Å². The quantitative estimate of drug-likeness (QED) is 0.825. The van der Waals surface area contributed by atoms with Crippen molar-refractivity contribution in [1.29, 1.82) is 0 Å². The van der Waals surface area contributed by atoms with E-state index in [1.54, 1.807) is 20.8 Å². The number of amides is 1. The first-order chi connectivity index (χ1) is 7.40. The summed E-state index contributed by atoms with van der Waals surface area (Å²) in [5.74, 6) is 0.861. The second-order valence-corrected chi connectivity index (χ2v) is 4.36. The molecule has 0 bridgehead atoms. The Kier molecular flexibility index (Phi) is 4.12. The number of hydrogen-bond donors (Lipinski definition) is 1. The third-order valence-corrected chi connectivity index (χ3v) is 1.65. The minimum atomic E-state index is -0.530. The van der Waals surface area contributed by atoms with Crippen LogP contribution >= 0.6 is 11.6 Å². The summed E-state index contributed by atoms with van der Waals surface area (Å²) < 4.78 is 9.85. The summed E-state index contributed by atoms with van der Waals surface area (Å²) in [4.78, 5) is 15.2. The lowest BCUT2D eigenvalue weighted by Gasteiger charge is -2.19. The van der Waals surface area contributed by atoms with Crippen molar-refractivity contribution in [3.63, 3.8) is 0 Å². The summed E-state index contributed by atoms with van der Waals surface area (Å²) in [6, 6.07) is 0. The van der Waals surface area contributed by atoms with Gasteiger partial charge in [-0.25, -0.2) is 4.79 Å². The molecule has 0 aromatic carbocycles. The largest absolute Gasteiger partial charge is 0.444 e. The standard InChI is InChI=1S/C9H14ClN3O3/c1-9(2,3)15-8(14)11-5-7-12-6(4-10)13-16-7/h4-5H2,1-3H3,(H,11,14). The van der Waals surface area contributed by atoms with Gasteiger partial charge in [-0.3, -0.25) is 0 Å². The van der Waals surface area contributed by atoms with E-state index in [9.17, 15) is 4.79 Å². The van der Waals surface area contributed by atoms with E-state index >= 15 is 0 Å².